The van der Waals surface area contributed by atoms with Gasteiger partial charge < -0.3 is 10.6 Å². The number of fused-ring (bicyclic) bond motifs is 1. The summed E-state index contributed by atoms with van der Waals surface area (Å²) in [5, 5.41) is 1.89. The lowest BCUT2D eigenvalue weighted by Gasteiger charge is -2.37. The molecule has 18 heavy (non-hydrogen) atoms. The molecule has 3 unspecified atom stereocenters. The number of aromatic nitrogens is 1. The number of anilines is 1. The third-order valence-electron chi connectivity index (χ3n) is 4.12. The molecule has 100 valence electrons. The van der Waals surface area contributed by atoms with E-state index in [2.05, 4.69) is 30.5 Å². The van der Waals surface area contributed by atoms with Crippen molar-refractivity contribution in [3.63, 3.8) is 0 Å². The molecular formula is C13H21N3S2. The topological polar surface area (TPSA) is 42.2 Å². The Morgan fingerprint density at radius 3 is 3.00 bits per heavy atom. The van der Waals surface area contributed by atoms with Gasteiger partial charge in [0.25, 0.3) is 0 Å². The third kappa shape index (κ3) is 2.17. The van der Waals surface area contributed by atoms with Crippen molar-refractivity contribution in [2.75, 3.05) is 17.2 Å². The minimum absolute atomic E-state index is 0.172. The molecule has 5 heteroatoms. The Kier molecular flexibility index (Phi) is 3.56. The molecule has 2 heterocycles. The predicted octanol–water partition coefficient (Wildman–Crippen LogP) is 2.81. The summed E-state index contributed by atoms with van der Waals surface area (Å²) < 4.78 is 0. The number of rotatable bonds is 1. The van der Waals surface area contributed by atoms with E-state index >= 15 is 0 Å². The number of nitrogens with zero attached hydrogens (tertiary/aromatic N) is 2. The van der Waals surface area contributed by atoms with Gasteiger partial charge in [-0.15, -0.1) is 11.3 Å². The van der Waals surface area contributed by atoms with Gasteiger partial charge in [0, 0.05) is 34.5 Å². The standard InChI is InChI=1S/C13H21N3S2/c1-8-9(2)17-7-6-16(8)13-15-12-10(14)4-3-5-11(12)18-13/h8-10H,3-7,14H2,1-2H3. The molecule has 0 amide bonds. The highest BCUT2D eigenvalue weighted by Crippen LogP contribution is 2.38. The van der Waals surface area contributed by atoms with Crippen molar-refractivity contribution in [2.24, 2.45) is 5.73 Å². The van der Waals surface area contributed by atoms with Crippen LogP contribution >= 0.6 is 23.1 Å². The first-order chi connectivity index (χ1) is 8.66. The molecule has 1 aliphatic heterocycles. The number of aryl methyl sites for hydroxylation is 1. The molecule has 1 saturated heterocycles. The van der Waals surface area contributed by atoms with E-state index in [0.717, 1.165) is 13.0 Å². The van der Waals surface area contributed by atoms with Gasteiger partial charge in [0.1, 0.15) is 0 Å². The molecule has 0 bridgehead atoms. The van der Waals surface area contributed by atoms with E-state index in [1.165, 1.54) is 34.3 Å². The quantitative estimate of drug-likeness (QED) is 0.860. The normalized spacial score (nSPS) is 32.4. The summed E-state index contributed by atoms with van der Waals surface area (Å²) >= 11 is 3.95. The van der Waals surface area contributed by atoms with E-state index in [0.29, 0.717) is 11.3 Å². The molecule has 1 fully saturated rings. The number of thiazole rings is 1. The molecule has 3 nitrogen and oxygen atoms in total. The highest BCUT2D eigenvalue weighted by atomic mass is 32.2. The Morgan fingerprint density at radius 1 is 1.39 bits per heavy atom. The maximum atomic E-state index is 6.17. The molecule has 0 aromatic carbocycles. The van der Waals surface area contributed by atoms with Crippen LogP contribution in [0.25, 0.3) is 0 Å². The van der Waals surface area contributed by atoms with Gasteiger partial charge in [-0.1, -0.05) is 6.92 Å². The molecule has 2 N–H and O–H groups in total. The number of hydrogen-bond acceptors (Lipinski definition) is 5. The Balaban J connectivity index is 1.88. The van der Waals surface area contributed by atoms with Crippen LogP contribution in [-0.4, -0.2) is 28.6 Å². The maximum Gasteiger partial charge on any atom is 0.186 e. The minimum atomic E-state index is 0.172. The van der Waals surface area contributed by atoms with Gasteiger partial charge in [-0.2, -0.15) is 11.8 Å². The fourth-order valence-corrected chi connectivity index (χ4v) is 5.15. The molecule has 2 aliphatic rings. The van der Waals surface area contributed by atoms with Crippen molar-refractivity contribution in [2.45, 2.75) is 50.4 Å². The van der Waals surface area contributed by atoms with Crippen LogP contribution in [0.2, 0.25) is 0 Å². The average Bonchev–Trinajstić information content (AvgIpc) is 2.78. The molecule has 1 aromatic heterocycles. The summed E-state index contributed by atoms with van der Waals surface area (Å²) in [4.78, 5) is 8.77. The van der Waals surface area contributed by atoms with Crippen LogP contribution in [-0.2, 0) is 6.42 Å². The summed E-state index contributed by atoms with van der Waals surface area (Å²) in [5.41, 5.74) is 7.35. The maximum absolute atomic E-state index is 6.17. The Bertz CT molecular complexity index is 432. The van der Waals surface area contributed by atoms with Crippen molar-refractivity contribution in [3.05, 3.63) is 10.6 Å². The second-order valence-electron chi connectivity index (χ2n) is 5.31. The SMILES string of the molecule is CC1SCCN(c2nc3c(s2)CCCC3N)C1C. The summed E-state index contributed by atoms with van der Waals surface area (Å²) in [7, 11) is 0. The molecular weight excluding hydrogens is 262 g/mol. The second-order valence-corrected chi connectivity index (χ2v) is 7.86. The zero-order chi connectivity index (χ0) is 12.7. The van der Waals surface area contributed by atoms with E-state index in [1.54, 1.807) is 0 Å². The van der Waals surface area contributed by atoms with Crippen LogP contribution in [0, 0.1) is 0 Å². The smallest absolute Gasteiger partial charge is 0.186 e. The molecule has 1 aliphatic carbocycles. The molecule has 0 spiro atoms. The number of nitrogens with two attached hydrogens (primary N) is 1. The molecule has 0 radical (unpaired) electrons. The Hall–Kier alpha value is -0.260. The Labute approximate surface area is 117 Å². The van der Waals surface area contributed by atoms with Gasteiger partial charge in [-0.3, -0.25) is 0 Å². The Morgan fingerprint density at radius 2 is 2.22 bits per heavy atom. The van der Waals surface area contributed by atoms with Crippen LogP contribution in [0.15, 0.2) is 0 Å². The summed E-state index contributed by atoms with van der Waals surface area (Å²) in [6.45, 7) is 5.76. The van der Waals surface area contributed by atoms with Crippen molar-refractivity contribution in [3.8, 4) is 0 Å². The average molecular weight is 283 g/mol. The van der Waals surface area contributed by atoms with Gasteiger partial charge in [0.2, 0.25) is 0 Å². The number of thioether (sulfide) groups is 1. The van der Waals surface area contributed by atoms with E-state index in [9.17, 15) is 0 Å². The van der Waals surface area contributed by atoms with Gasteiger partial charge in [0.15, 0.2) is 5.13 Å². The fraction of sp³-hybridized carbons (Fsp3) is 0.769. The van der Waals surface area contributed by atoms with E-state index in [-0.39, 0.29) is 6.04 Å². The summed E-state index contributed by atoms with van der Waals surface area (Å²) in [6, 6.07) is 0.748. The third-order valence-corrected chi connectivity index (χ3v) is 6.62. The van der Waals surface area contributed by atoms with E-state index < -0.39 is 0 Å². The van der Waals surface area contributed by atoms with Crippen LogP contribution in [0.1, 0.15) is 43.3 Å². The monoisotopic (exact) mass is 283 g/mol. The lowest BCUT2D eigenvalue weighted by Crippen LogP contribution is -2.44. The number of hydrogen-bond donors (Lipinski definition) is 1. The summed E-state index contributed by atoms with van der Waals surface area (Å²) in [6.07, 6.45) is 3.49. The van der Waals surface area contributed by atoms with Crippen molar-refractivity contribution in [1.29, 1.82) is 0 Å². The van der Waals surface area contributed by atoms with Gasteiger partial charge >= 0.3 is 0 Å². The highest BCUT2D eigenvalue weighted by Gasteiger charge is 2.30. The van der Waals surface area contributed by atoms with Crippen molar-refractivity contribution >= 4 is 28.2 Å². The van der Waals surface area contributed by atoms with Crippen LogP contribution in [0.5, 0.6) is 0 Å². The second kappa shape index (κ2) is 5.02. The first-order valence-corrected chi connectivity index (χ1v) is 8.66. The van der Waals surface area contributed by atoms with Crippen LogP contribution in [0.4, 0.5) is 5.13 Å². The van der Waals surface area contributed by atoms with Crippen LogP contribution in [0.3, 0.4) is 0 Å². The van der Waals surface area contributed by atoms with Gasteiger partial charge in [-0.25, -0.2) is 4.98 Å². The molecule has 3 atom stereocenters. The lowest BCUT2D eigenvalue weighted by molar-refractivity contribution is 0.561. The van der Waals surface area contributed by atoms with Gasteiger partial charge in [0.05, 0.1) is 5.69 Å². The van der Waals surface area contributed by atoms with Crippen LogP contribution < -0.4 is 10.6 Å². The fourth-order valence-electron chi connectivity index (χ4n) is 2.76. The van der Waals surface area contributed by atoms with E-state index in [4.69, 9.17) is 10.7 Å². The largest absolute Gasteiger partial charge is 0.343 e. The zero-order valence-corrected chi connectivity index (χ0v) is 12.7. The first kappa shape index (κ1) is 12.8. The zero-order valence-electron chi connectivity index (χ0n) is 11.1. The van der Waals surface area contributed by atoms with Crippen molar-refractivity contribution < 1.29 is 0 Å². The minimum Gasteiger partial charge on any atom is -0.343 e. The first-order valence-electron chi connectivity index (χ1n) is 6.80. The highest BCUT2D eigenvalue weighted by molar-refractivity contribution is 8.00. The molecule has 3 rings (SSSR count). The van der Waals surface area contributed by atoms with E-state index in [1.807, 2.05) is 11.3 Å². The summed E-state index contributed by atoms with van der Waals surface area (Å²) in [5.74, 6) is 1.21. The van der Waals surface area contributed by atoms with Crippen molar-refractivity contribution in [1.82, 2.24) is 4.98 Å². The lowest BCUT2D eigenvalue weighted by atomic mass is 9.99. The van der Waals surface area contributed by atoms with Gasteiger partial charge in [-0.05, 0) is 26.2 Å². The predicted molar refractivity (Wildman–Crippen MR) is 80.7 cm³/mol. The molecule has 1 aromatic rings. The molecule has 0 saturated carbocycles.